The summed E-state index contributed by atoms with van der Waals surface area (Å²) in [6.45, 7) is 5.37. The summed E-state index contributed by atoms with van der Waals surface area (Å²) in [7, 11) is 0. The van der Waals surface area contributed by atoms with Crippen LogP contribution in [-0.2, 0) is 25.9 Å². The first-order chi connectivity index (χ1) is 15.7. The van der Waals surface area contributed by atoms with Gasteiger partial charge in [-0.15, -0.1) is 0 Å². The van der Waals surface area contributed by atoms with Gasteiger partial charge in [0.25, 0.3) is 0 Å². The van der Waals surface area contributed by atoms with Gasteiger partial charge in [-0.05, 0) is 56.1 Å². The lowest BCUT2D eigenvalue weighted by Crippen LogP contribution is -2.53. The third kappa shape index (κ3) is 5.05. The van der Waals surface area contributed by atoms with Gasteiger partial charge in [0.2, 0.25) is 11.8 Å². The maximum atomic E-state index is 13.8. The lowest BCUT2D eigenvalue weighted by molar-refractivity contribution is -0.147. The normalized spacial score (nSPS) is 24.5. The van der Waals surface area contributed by atoms with Gasteiger partial charge in [0, 0.05) is 45.3 Å². The Bertz CT molecular complexity index is 859. The number of carbonyl (C=O) groups is 2. The summed E-state index contributed by atoms with van der Waals surface area (Å²) in [5.41, 5.74) is -1.34. The van der Waals surface area contributed by atoms with Crippen LogP contribution in [0.25, 0.3) is 0 Å². The lowest BCUT2D eigenvalue weighted by atomic mass is 9.72. The first-order valence-corrected chi connectivity index (χ1v) is 12.0. The van der Waals surface area contributed by atoms with Gasteiger partial charge in [0.1, 0.15) is 0 Å². The van der Waals surface area contributed by atoms with Gasteiger partial charge in [-0.25, -0.2) is 0 Å². The lowest BCUT2D eigenvalue weighted by Gasteiger charge is -2.43. The topological polar surface area (TPSA) is 49.9 Å². The Balaban J connectivity index is 1.48. The number of benzene rings is 1. The van der Waals surface area contributed by atoms with Crippen molar-refractivity contribution in [3.8, 4) is 0 Å². The zero-order valence-corrected chi connectivity index (χ0v) is 19.2. The summed E-state index contributed by atoms with van der Waals surface area (Å²) in [4.78, 5) is 30.5. The van der Waals surface area contributed by atoms with Crippen LogP contribution in [0, 0.1) is 11.8 Å². The second-order valence-electron chi connectivity index (χ2n) is 9.87. The predicted molar refractivity (Wildman–Crippen MR) is 117 cm³/mol. The van der Waals surface area contributed by atoms with Crippen LogP contribution >= 0.6 is 0 Å². The van der Waals surface area contributed by atoms with Crippen LogP contribution in [0.2, 0.25) is 0 Å². The van der Waals surface area contributed by atoms with Gasteiger partial charge in [-0.1, -0.05) is 25.1 Å². The van der Waals surface area contributed by atoms with Gasteiger partial charge < -0.3 is 14.5 Å². The highest BCUT2D eigenvalue weighted by atomic mass is 19.4. The second-order valence-corrected chi connectivity index (χ2v) is 9.87. The second kappa shape index (κ2) is 9.65. The number of alkyl halides is 3. The fourth-order valence-electron chi connectivity index (χ4n) is 5.62. The minimum absolute atomic E-state index is 0.0847. The Morgan fingerprint density at radius 1 is 1.03 bits per heavy atom. The molecule has 33 heavy (non-hydrogen) atoms. The number of carbonyl (C=O) groups excluding carboxylic acids is 2. The molecule has 1 unspecified atom stereocenters. The van der Waals surface area contributed by atoms with Crippen LogP contribution < -0.4 is 0 Å². The Kier molecular flexibility index (Phi) is 7.03. The molecule has 1 aromatic carbocycles. The number of hydrogen-bond donors (Lipinski definition) is 0. The monoisotopic (exact) mass is 466 g/mol. The van der Waals surface area contributed by atoms with Crippen LogP contribution in [0.4, 0.5) is 13.2 Å². The van der Waals surface area contributed by atoms with Crippen molar-refractivity contribution in [1.82, 2.24) is 9.80 Å². The van der Waals surface area contributed by atoms with E-state index in [2.05, 4.69) is 6.92 Å². The van der Waals surface area contributed by atoms with E-state index in [1.165, 1.54) is 6.07 Å². The maximum absolute atomic E-state index is 13.8. The molecule has 8 heteroatoms. The fourth-order valence-corrected chi connectivity index (χ4v) is 5.62. The van der Waals surface area contributed by atoms with E-state index in [1.54, 1.807) is 11.0 Å². The maximum Gasteiger partial charge on any atom is 0.416 e. The number of amides is 2. The Morgan fingerprint density at radius 3 is 2.36 bits per heavy atom. The van der Waals surface area contributed by atoms with Gasteiger partial charge in [0.15, 0.2) is 0 Å². The summed E-state index contributed by atoms with van der Waals surface area (Å²) in [5.74, 6) is 0.485. The van der Waals surface area contributed by atoms with E-state index < -0.39 is 17.2 Å². The van der Waals surface area contributed by atoms with Crippen molar-refractivity contribution < 1.29 is 27.5 Å². The molecule has 3 aliphatic rings. The molecule has 0 spiro atoms. The Labute approximate surface area is 193 Å². The molecule has 0 bridgehead atoms. The van der Waals surface area contributed by atoms with Crippen molar-refractivity contribution in [2.45, 2.75) is 57.0 Å². The highest BCUT2D eigenvalue weighted by molar-refractivity contribution is 5.89. The van der Waals surface area contributed by atoms with E-state index in [4.69, 9.17) is 4.74 Å². The van der Waals surface area contributed by atoms with Crippen LogP contribution in [0.5, 0.6) is 0 Å². The van der Waals surface area contributed by atoms with Crippen molar-refractivity contribution in [2.75, 3.05) is 39.4 Å². The minimum Gasteiger partial charge on any atom is -0.381 e. The summed E-state index contributed by atoms with van der Waals surface area (Å²) in [6.07, 6.45) is -0.357. The molecule has 0 aromatic heterocycles. The highest BCUT2D eigenvalue weighted by Gasteiger charge is 2.46. The standard InChI is InChI=1S/C25H33F3N2O3/c1-18-4-3-11-30(17-18)22(31)19-7-12-29(13-8-19)23(32)24(9-14-33-15-10-24)20-5-2-6-21(16-20)25(26,27)28/h2,5-6,16,18-19H,3-4,7-15,17H2,1H3. The van der Waals surface area contributed by atoms with Gasteiger partial charge in [-0.2, -0.15) is 13.2 Å². The first kappa shape index (κ1) is 24.0. The smallest absolute Gasteiger partial charge is 0.381 e. The number of likely N-dealkylation sites (tertiary alicyclic amines) is 2. The molecule has 4 rings (SSSR count). The van der Waals surface area contributed by atoms with E-state index in [0.29, 0.717) is 63.5 Å². The molecule has 5 nitrogen and oxygen atoms in total. The predicted octanol–water partition coefficient (Wildman–Crippen LogP) is 4.25. The number of ether oxygens (including phenoxy) is 1. The van der Waals surface area contributed by atoms with Gasteiger partial charge in [0.05, 0.1) is 11.0 Å². The number of piperidine rings is 2. The van der Waals surface area contributed by atoms with E-state index in [1.807, 2.05) is 4.90 Å². The molecule has 3 fully saturated rings. The van der Waals surface area contributed by atoms with E-state index in [0.717, 1.165) is 38.1 Å². The SMILES string of the molecule is CC1CCCN(C(=O)C2CCN(C(=O)C3(c4cccc(C(F)(F)F)c4)CCOCC3)CC2)C1. The zero-order valence-electron chi connectivity index (χ0n) is 19.2. The summed E-state index contributed by atoms with van der Waals surface area (Å²) >= 11 is 0. The van der Waals surface area contributed by atoms with Crippen LogP contribution in [0.1, 0.15) is 56.6 Å². The molecule has 3 aliphatic heterocycles. The average molecular weight is 467 g/mol. The Morgan fingerprint density at radius 2 is 1.73 bits per heavy atom. The Hall–Kier alpha value is -2.09. The largest absolute Gasteiger partial charge is 0.416 e. The third-order valence-corrected chi connectivity index (χ3v) is 7.60. The van der Waals surface area contributed by atoms with Crippen molar-refractivity contribution in [3.63, 3.8) is 0 Å². The quantitative estimate of drug-likeness (QED) is 0.669. The molecule has 3 heterocycles. The van der Waals surface area contributed by atoms with E-state index in [-0.39, 0.29) is 17.7 Å². The molecule has 0 radical (unpaired) electrons. The number of halogens is 3. The van der Waals surface area contributed by atoms with E-state index >= 15 is 0 Å². The minimum atomic E-state index is -4.46. The van der Waals surface area contributed by atoms with Crippen molar-refractivity contribution in [2.24, 2.45) is 11.8 Å². The molecule has 0 aliphatic carbocycles. The van der Waals surface area contributed by atoms with Crippen molar-refractivity contribution in [3.05, 3.63) is 35.4 Å². The zero-order chi connectivity index (χ0) is 23.6. The van der Waals surface area contributed by atoms with Crippen molar-refractivity contribution in [1.29, 1.82) is 0 Å². The highest BCUT2D eigenvalue weighted by Crippen LogP contribution is 2.40. The number of hydrogen-bond acceptors (Lipinski definition) is 3. The molecule has 2 amide bonds. The molecule has 0 saturated carbocycles. The molecule has 1 aromatic rings. The van der Waals surface area contributed by atoms with Crippen molar-refractivity contribution >= 4 is 11.8 Å². The van der Waals surface area contributed by atoms with Crippen LogP contribution in [0.15, 0.2) is 24.3 Å². The van der Waals surface area contributed by atoms with E-state index in [9.17, 15) is 22.8 Å². The van der Waals surface area contributed by atoms with Gasteiger partial charge >= 0.3 is 6.18 Å². The van der Waals surface area contributed by atoms with Crippen LogP contribution in [-0.4, -0.2) is 61.0 Å². The molecule has 3 saturated heterocycles. The molecule has 1 atom stereocenters. The average Bonchev–Trinajstić information content (AvgIpc) is 2.83. The third-order valence-electron chi connectivity index (χ3n) is 7.60. The van der Waals surface area contributed by atoms with Crippen LogP contribution in [0.3, 0.4) is 0 Å². The number of nitrogens with zero attached hydrogens (tertiary/aromatic N) is 2. The molecular formula is C25H33F3N2O3. The summed E-state index contributed by atoms with van der Waals surface area (Å²) in [5, 5.41) is 0. The first-order valence-electron chi connectivity index (χ1n) is 12.0. The molecule has 0 N–H and O–H groups in total. The van der Waals surface area contributed by atoms with Gasteiger partial charge in [-0.3, -0.25) is 9.59 Å². The fraction of sp³-hybridized carbons (Fsp3) is 0.680. The summed E-state index contributed by atoms with van der Waals surface area (Å²) < 4.78 is 45.5. The molecule has 182 valence electrons. The number of rotatable bonds is 3. The summed E-state index contributed by atoms with van der Waals surface area (Å²) in [6, 6.07) is 5.18. The molecular weight excluding hydrogens is 433 g/mol.